The molecule has 4 aromatic rings. The number of hydrogen-bond donors (Lipinski definition) is 0. The second kappa shape index (κ2) is 9.49. The van der Waals surface area contributed by atoms with Crippen molar-refractivity contribution in [3.8, 4) is 11.4 Å². The molecule has 0 aliphatic rings. The van der Waals surface area contributed by atoms with Gasteiger partial charge in [0.25, 0.3) is 5.56 Å². The number of aromatic nitrogens is 2. The highest BCUT2D eigenvalue weighted by atomic mass is 32.2. The number of thiophene rings is 1. The Balaban J connectivity index is 1.68. The molecule has 0 bridgehead atoms. The van der Waals surface area contributed by atoms with Crippen LogP contribution in [0.1, 0.15) is 23.8 Å². The Morgan fingerprint density at radius 2 is 1.77 bits per heavy atom. The van der Waals surface area contributed by atoms with E-state index in [4.69, 9.17) is 9.72 Å². The molecule has 0 atom stereocenters. The first kappa shape index (κ1) is 20.7. The van der Waals surface area contributed by atoms with Crippen LogP contribution in [0.3, 0.4) is 0 Å². The van der Waals surface area contributed by atoms with E-state index in [1.54, 1.807) is 27.7 Å². The molecule has 30 heavy (non-hydrogen) atoms. The largest absolute Gasteiger partial charge is 0.493 e. The highest BCUT2D eigenvalue weighted by Crippen LogP contribution is 2.31. The first-order valence-corrected chi connectivity index (χ1v) is 11.9. The third kappa shape index (κ3) is 4.30. The Bertz CT molecular complexity index is 1180. The molecule has 4 rings (SSSR count). The quantitative estimate of drug-likeness (QED) is 0.197. The van der Waals surface area contributed by atoms with Gasteiger partial charge < -0.3 is 4.74 Å². The second-order valence-electron chi connectivity index (χ2n) is 6.96. The minimum atomic E-state index is 0.00813. The standard InChI is InChI=1S/C24H24N2O2S2/c1-3-10-20-17(2)21-22(30-20)25-24(26(23(21)27)18-11-6-4-7-12-18)29-16-15-28-19-13-8-5-9-14-19/h4-9,11-14H,3,10,15-16H2,1-2H3. The van der Waals surface area contributed by atoms with Crippen LogP contribution in [0.25, 0.3) is 15.9 Å². The van der Waals surface area contributed by atoms with Crippen molar-refractivity contribution in [2.24, 2.45) is 0 Å². The lowest BCUT2D eigenvalue weighted by molar-refractivity contribution is 0.344. The molecule has 0 unspecified atom stereocenters. The van der Waals surface area contributed by atoms with Crippen LogP contribution in [0.15, 0.2) is 70.6 Å². The third-order valence-corrected chi connectivity index (χ3v) is 7.00. The predicted octanol–water partition coefficient (Wildman–Crippen LogP) is 5.88. The number of para-hydroxylation sites is 2. The molecule has 0 fully saturated rings. The van der Waals surface area contributed by atoms with Crippen molar-refractivity contribution in [1.82, 2.24) is 9.55 Å². The van der Waals surface area contributed by atoms with E-state index in [2.05, 4.69) is 6.92 Å². The van der Waals surface area contributed by atoms with E-state index in [-0.39, 0.29) is 5.56 Å². The summed E-state index contributed by atoms with van der Waals surface area (Å²) in [6, 6.07) is 19.5. The van der Waals surface area contributed by atoms with Crippen LogP contribution in [0.5, 0.6) is 5.75 Å². The molecular formula is C24H24N2O2S2. The summed E-state index contributed by atoms with van der Waals surface area (Å²) in [5.74, 6) is 1.55. The number of nitrogens with zero attached hydrogens (tertiary/aromatic N) is 2. The van der Waals surface area contributed by atoms with Crippen molar-refractivity contribution in [3.05, 3.63) is 81.5 Å². The molecule has 4 nitrogen and oxygen atoms in total. The molecule has 2 aromatic carbocycles. The van der Waals surface area contributed by atoms with Crippen LogP contribution >= 0.6 is 23.1 Å². The van der Waals surface area contributed by atoms with Gasteiger partial charge in [0.2, 0.25) is 0 Å². The second-order valence-corrected chi connectivity index (χ2v) is 9.11. The van der Waals surface area contributed by atoms with Gasteiger partial charge in [-0.2, -0.15) is 0 Å². The third-order valence-electron chi connectivity index (χ3n) is 4.85. The number of thioether (sulfide) groups is 1. The average molecular weight is 437 g/mol. The van der Waals surface area contributed by atoms with Crippen molar-refractivity contribution in [1.29, 1.82) is 0 Å². The summed E-state index contributed by atoms with van der Waals surface area (Å²) in [6.45, 7) is 4.75. The van der Waals surface area contributed by atoms with Gasteiger partial charge in [-0.1, -0.05) is 61.5 Å². The number of hydrogen-bond acceptors (Lipinski definition) is 5. The van der Waals surface area contributed by atoms with Crippen LogP contribution in [-0.2, 0) is 6.42 Å². The summed E-state index contributed by atoms with van der Waals surface area (Å²) >= 11 is 3.20. The monoisotopic (exact) mass is 436 g/mol. The van der Waals surface area contributed by atoms with Crippen molar-refractivity contribution in [2.45, 2.75) is 31.8 Å². The Kier molecular flexibility index (Phi) is 6.55. The number of rotatable bonds is 8. The summed E-state index contributed by atoms with van der Waals surface area (Å²) in [4.78, 5) is 20.5. The molecule has 0 N–H and O–H groups in total. The molecule has 0 amide bonds. The van der Waals surface area contributed by atoms with Crippen LogP contribution in [-0.4, -0.2) is 21.9 Å². The lowest BCUT2D eigenvalue weighted by atomic mass is 10.1. The van der Waals surface area contributed by atoms with E-state index >= 15 is 0 Å². The average Bonchev–Trinajstić information content (AvgIpc) is 3.08. The molecule has 0 aliphatic heterocycles. The topological polar surface area (TPSA) is 44.1 Å². The molecule has 0 aliphatic carbocycles. The van der Waals surface area contributed by atoms with E-state index in [1.807, 2.05) is 67.6 Å². The maximum Gasteiger partial charge on any atom is 0.267 e. The molecule has 0 radical (unpaired) electrons. The van der Waals surface area contributed by atoms with E-state index in [9.17, 15) is 4.79 Å². The van der Waals surface area contributed by atoms with E-state index < -0.39 is 0 Å². The highest BCUT2D eigenvalue weighted by molar-refractivity contribution is 7.99. The fourth-order valence-corrected chi connectivity index (χ4v) is 5.54. The molecule has 6 heteroatoms. The van der Waals surface area contributed by atoms with Crippen molar-refractivity contribution in [3.63, 3.8) is 0 Å². The Morgan fingerprint density at radius 3 is 2.47 bits per heavy atom. The van der Waals surface area contributed by atoms with E-state index in [0.29, 0.717) is 17.5 Å². The summed E-state index contributed by atoms with van der Waals surface area (Å²) in [7, 11) is 0. The highest BCUT2D eigenvalue weighted by Gasteiger charge is 2.19. The minimum absolute atomic E-state index is 0.00813. The van der Waals surface area contributed by atoms with Crippen LogP contribution in [0.4, 0.5) is 0 Å². The smallest absolute Gasteiger partial charge is 0.267 e. The van der Waals surface area contributed by atoms with Gasteiger partial charge in [0.15, 0.2) is 5.16 Å². The molecule has 2 heterocycles. The van der Waals surface area contributed by atoms with Crippen molar-refractivity contribution < 1.29 is 4.74 Å². The van der Waals surface area contributed by atoms with Gasteiger partial charge in [-0.05, 0) is 43.2 Å². The Labute approximate surface area is 184 Å². The molecule has 2 aromatic heterocycles. The summed E-state index contributed by atoms with van der Waals surface area (Å²) in [5.41, 5.74) is 1.92. The lowest BCUT2D eigenvalue weighted by Gasteiger charge is -2.12. The van der Waals surface area contributed by atoms with Gasteiger partial charge in [0.1, 0.15) is 10.6 Å². The van der Waals surface area contributed by atoms with Gasteiger partial charge in [-0.25, -0.2) is 4.98 Å². The van der Waals surface area contributed by atoms with Crippen molar-refractivity contribution >= 4 is 33.3 Å². The number of aryl methyl sites for hydroxylation is 2. The Morgan fingerprint density at radius 1 is 1.07 bits per heavy atom. The number of benzene rings is 2. The number of ether oxygens (including phenoxy) is 1. The van der Waals surface area contributed by atoms with Gasteiger partial charge in [0, 0.05) is 10.6 Å². The number of fused-ring (bicyclic) bond motifs is 1. The van der Waals surface area contributed by atoms with Crippen LogP contribution in [0.2, 0.25) is 0 Å². The SMILES string of the molecule is CCCc1sc2nc(SCCOc3ccccc3)n(-c3ccccc3)c(=O)c2c1C. The lowest BCUT2D eigenvalue weighted by Crippen LogP contribution is -2.22. The van der Waals surface area contributed by atoms with Gasteiger partial charge in [-0.3, -0.25) is 9.36 Å². The van der Waals surface area contributed by atoms with Gasteiger partial charge >= 0.3 is 0 Å². The molecule has 0 spiro atoms. The molecule has 0 saturated heterocycles. The molecule has 154 valence electrons. The summed E-state index contributed by atoms with van der Waals surface area (Å²) in [5, 5.41) is 1.46. The van der Waals surface area contributed by atoms with Crippen LogP contribution < -0.4 is 10.3 Å². The first-order valence-electron chi connectivity index (χ1n) is 10.1. The molecule has 0 saturated carbocycles. The van der Waals surface area contributed by atoms with E-state index in [1.165, 1.54) is 4.88 Å². The Hall–Kier alpha value is -2.57. The molecular weight excluding hydrogens is 412 g/mol. The summed E-state index contributed by atoms with van der Waals surface area (Å²) < 4.78 is 7.55. The van der Waals surface area contributed by atoms with Gasteiger partial charge in [0.05, 0.1) is 17.7 Å². The normalized spacial score (nSPS) is 11.1. The predicted molar refractivity (Wildman–Crippen MR) is 127 cm³/mol. The fourth-order valence-electron chi connectivity index (χ4n) is 3.39. The van der Waals surface area contributed by atoms with Crippen molar-refractivity contribution in [2.75, 3.05) is 12.4 Å². The maximum atomic E-state index is 13.5. The first-order chi connectivity index (χ1) is 14.7. The van der Waals surface area contributed by atoms with E-state index in [0.717, 1.165) is 40.1 Å². The van der Waals surface area contributed by atoms with Crippen LogP contribution in [0, 0.1) is 6.92 Å². The summed E-state index contributed by atoms with van der Waals surface area (Å²) in [6.07, 6.45) is 2.03. The minimum Gasteiger partial charge on any atom is -0.493 e. The van der Waals surface area contributed by atoms with Gasteiger partial charge in [-0.15, -0.1) is 11.3 Å². The maximum absolute atomic E-state index is 13.5. The zero-order valence-electron chi connectivity index (χ0n) is 17.1. The zero-order valence-corrected chi connectivity index (χ0v) is 18.8. The zero-order chi connectivity index (χ0) is 20.9. The fraction of sp³-hybridized carbons (Fsp3) is 0.250.